The Balaban J connectivity index is 3.88. The highest BCUT2D eigenvalue weighted by molar-refractivity contribution is 8.14. The van der Waals surface area contributed by atoms with E-state index in [-0.39, 0.29) is 0 Å². The number of rotatable bonds is 43. The number of hydrogen-bond acceptors (Lipinski definition) is 5. The number of unbranched alkanes of at least 4 members (excludes halogenated alkanes) is 25. The van der Waals surface area contributed by atoms with E-state index in [1.807, 2.05) is 0 Å². The molecule has 0 spiro atoms. The minimum atomic E-state index is 0.377. The van der Waals surface area contributed by atoms with Crippen LogP contribution < -0.4 is 0 Å². The van der Waals surface area contributed by atoms with Crippen LogP contribution in [0.2, 0.25) is 0 Å². The van der Waals surface area contributed by atoms with Crippen molar-refractivity contribution in [3.8, 4) is 0 Å². The Hall–Kier alpha value is -0.520. The first-order valence-electron chi connectivity index (χ1n) is 23.8. The predicted molar refractivity (Wildman–Crippen MR) is 248 cm³/mol. The third-order valence-corrected chi connectivity index (χ3v) is 12.7. The van der Waals surface area contributed by atoms with E-state index in [1.54, 1.807) is 0 Å². The summed E-state index contributed by atoms with van der Waals surface area (Å²) in [5, 5.41) is 0.754. The van der Waals surface area contributed by atoms with E-state index >= 15 is 0 Å². The molecule has 0 aliphatic carbocycles. The van der Waals surface area contributed by atoms with Crippen LogP contribution in [0.3, 0.4) is 0 Å². The molecule has 0 bridgehead atoms. The summed E-state index contributed by atoms with van der Waals surface area (Å²) in [6.45, 7) is 5.76. The lowest BCUT2D eigenvalue weighted by Crippen LogP contribution is -2.13. The molecule has 0 radical (unpaired) electrons. The predicted octanol–water partition coefficient (Wildman–Crippen LogP) is 16.5. The molecular weight excluding hydrogens is 699 g/mol. The first kappa shape index (κ1) is 53.5. The maximum Gasteiger partial charge on any atom is 0.189 e. The zero-order valence-corrected chi connectivity index (χ0v) is 38.5. The van der Waals surface area contributed by atoms with Crippen LogP contribution in [0.15, 0.2) is 24.3 Å². The van der Waals surface area contributed by atoms with Crippen molar-refractivity contribution in [2.75, 3.05) is 32.1 Å². The van der Waals surface area contributed by atoms with E-state index in [4.69, 9.17) is 0 Å². The summed E-state index contributed by atoms with van der Waals surface area (Å²) in [6, 6.07) is 0. The number of thioether (sulfide) groups is 2. The van der Waals surface area contributed by atoms with Crippen molar-refractivity contribution in [3.05, 3.63) is 24.3 Å². The molecule has 54 heavy (non-hydrogen) atoms. The molecule has 0 aliphatic rings. The summed E-state index contributed by atoms with van der Waals surface area (Å²) in [5.74, 6) is 2.57. The van der Waals surface area contributed by atoms with E-state index in [9.17, 15) is 9.59 Å². The molecule has 0 N–H and O–H groups in total. The number of nitrogens with zero attached hydrogens (tertiary/aromatic N) is 1. The van der Waals surface area contributed by atoms with Gasteiger partial charge in [-0.05, 0) is 71.5 Å². The fourth-order valence-electron chi connectivity index (χ4n) is 7.35. The van der Waals surface area contributed by atoms with Gasteiger partial charge >= 0.3 is 0 Å². The van der Waals surface area contributed by atoms with Crippen molar-refractivity contribution in [2.45, 2.75) is 239 Å². The van der Waals surface area contributed by atoms with Crippen LogP contribution in [0, 0.1) is 5.92 Å². The molecule has 5 heteroatoms. The summed E-state index contributed by atoms with van der Waals surface area (Å²) in [7, 11) is 4.37. The summed E-state index contributed by atoms with van der Waals surface area (Å²) in [5.41, 5.74) is 0. The minimum absolute atomic E-state index is 0.377. The number of carbonyl (C=O) groups is 2. The second-order valence-corrected chi connectivity index (χ2v) is 18.8. The second-order valence-electron chi connectivity index (χ2n) is 16.6. The van der Waals surface area contributed by atoms with Crippen molar-refractivity contribution in [1.82, 2.24) is 4.90 Å². The van der Waals surface area contributed by atoms with Crippen LogP contribution in [-0.2, 0) is 9.59 Å². The molecule has 0 heterocycles. The van der Waals surface area contributed by atoms with Gasteiger partial charge in [0.1, 0.15) is 0 Å². The van der Waals surface area contributed by atoms with Crippen LogP contribution >= 0.6 is 23.5 Å². The summed E-state index contributed by atoms with van der Waals surface area (Å²) in [4.78, 5) is 26.9. The molecule has 0 atom stereocenters. The van der Waals surface area contributed by atoms with Crippen molar-refractivity contribution in [2.24, 2.45) is 5.92 Å². The van der Waals surface area contributed by atoms with Gasteiger partial charge in [-0.25, -0.2) is 0 Å². The van der Waals surface area contributed by atoms with Gasteiger partial charge in [0, 0.05) is 24.3 Å². The lowest BCUT2D eigenvalue weighted by atomic mass is 9.90. The highest BCUT2D eigenvalue weighted by Crippen LogP contribution is 2.24. The Morgan fingerprint density at radius 3 is 1.15 bits per heavy atom. The maximum absolute atomic E-state index is 12.3. The van der Waals surface area contributed by atoms with Gasteiger partial charge in [-0.2, -0.15) is 0 Å². The average Bonchev–Trinajstić information content (AvgIpc) is 3.16. The van der Waals surface area contributed by atoms with Crippen LogP contribution in [0.5, 0.6) is 0 Å². The van der Waals surface area contributed by atoms with Crippen molar-refractivity contribution in [3.63, 3.8) is 0 Å². The number of allylic oxidation sites excluding steroid dienone is 2. The Morgan fingerprint density at radius 1 is 0.426 bits per heavy atom. The summed E-state index contributed by atoms with van der Waals surface area (Å²) in [6.07, 6.45) is 53.9. The van der Waals surface area contributed by atoms with Crippen LogP contribution in [0.25, 0.3) is 0 Å². The Bertz CT molecular complexity index is 782. The zero-order chi connectivity index (χ0) is 39.4. The first-order chi connectivity index (χ1) is 26.5. The van der Waals surface area contributed by atoms with Crippen LogP contribution in [0.4, 0.5) is 0 Å². The molecule has 0 amide bonds. The SMILES string of the molecule is CCCCCCCCCC/C=C\CSC(=O)CCCCCCCC(CCCCCCCC(=O)SC/C=C\CCCCCCCCCC)CCCCN(C)C. The largest absolute Gasteiger partial charge is 0.309 e. The summed E-state index contributed by atoms with van der Waals surface area (Å²) < 4.78 is 0. The number of carbonyl (C=O) groups excluding carboxylic acids is 2. The van der Waals surface area contributed by atoms with E-state index in [0.717, 1.165) is 43.1 Å². The van der Waals surface area contributed by atoms with Gasteiger partial charge in [-0.1, -0.05) is 229 Å². The third kappa shape index (κ3) is 44.2. The van der Waals surface area contributed by atoms with Crippen molar-refractivity contribution >= 4 is 33.8 Å². The fourth-order valence-corrected chi connectivity index (χ4v) is 8.76. The fraction of sp³-hybridized carbons (Fsp3) is 0.878. The van der Waals surface area contributed by atoms with Gasteiger partial charge in [0.2, 0.25) is 0 Å². The molecule has 0 aromatic carbocycles. The number of hydrogen-bond donors (Lipinski definition) is 0. The van der Waals surface area contributed by atoms with Gasteiger partial charge in [0.05, 0.1) is 0 Å². The quantitative estimate of drug-likeness (QED) is 0.0454. The molecule has 0 saturated carbocycles. The molecule has 0 unspecified atom stereocenters. The first-order valence-corrected chi connectivity index (χ1v) is 25.7. The van der Waals surface area contributed by atoms with Gasteiger partial charge < -0.3 is 4.90 Å². The van der Waals surface area contributed by atoms with E-state index < -0.39 is 0 Å². The minimum Gasteiger partial charge on any atom is -0.309 e. The second kappa shape index (κ2) is 45.2. The van der Waals surface area contributed by atoms with E-state index in [0.29, 0.717) is 10.2 Å². The topological polar surface area (TPSA) is 37.4 Å². The highest BCUT2D eigenvalue weighted by Gasteiger charge is 2.10. The monoisotopic (exact) mass is 792 g/mol. The molecule has 0 rings (SSSR count). The van der Waals surface area contributed by atoms with Gasteiger partial charge in [-0.3, -0.25) is 9.59 Å². The summed E-state index contributed by atoms with van der Waals surface area (Å²) >= 11 is 3.03. The molecule has 0 aromatic heterocycles. The maximum atomic E-state index is 12.3. The molecule has 318 valence electrons. The smallest absolute Gasteiger partial charge is 0.189 e. The molecule has 0 saturated heterocycles. The highest BCUT2D eigenvalue weighted by atomic mass is 32.2. The normalized spacial score (nSPS) is 12.0. The average molecular weight is 792 g/mol. The molecule has 0 aromatic rings. The third-order valence-electron chi connectivity index (χ3n) is 10.9. The molecule has 0 aliphatic heterocycles. The lowest BCUT2D eigenvalue weighted by Gasteiger charge is -2.18. The Kier molecular flexibility index (Phi) is 44.8. The van der Waals surface area contributed by atoms with Crippen molar-refractivity contribution < 1.29 is 9.59 Å². The van der Waals surface area contributed by atoms with Gasteiger partial charge in [0.15, 0.2) is 10.2 Å². The van der Waals surface area contributed by atoms with Crippen LogP contribution in [0.1, 0.15) is 239 Å². The van der Waals surface area contributed by atoms with Gasteiger partial charge in [-0.15, -0.1) is 0 Å². The Labute approximate surface area is 347 Å². The Morgan fingerprint density at radius 2 is 0.759 bits per heavy atom. The van der Waals surface area contributed by atoms with E-state index in [2.05, 4.69) is 57.1 Å². The van der Waals surface area contributed by atoms with E-state index in [1.165, 1.54) is 229 Å². The standard InChI is InChI=1S/C49H93NO2S2/c1-5-7-9-11-13-15-17-19-21-29-37-45-53-48(51)42-33-27-23-25-31-39-47(41-35-36-44-50(3)4)40-32-26-24-28-34-43-49(52)54-46-38-30-22-20-18-16-14-12-10-8-6-2/h29-30,37-38,47H,5-28,31-36,39-46H2,1-4H3/b37-29-,38-30-. The lowest BCUT2D eigenvalue weighted by molar-refractivity contribution is -0.111. The molecule has 3 nitrogen and oxygen atoms in total. The zero-order valence-electron chi connectivity index (χ0n) is 36.8. The van der Waals surface area contributed by atoms with Crippen molar-refractivity contribution in [1.29, 1.82) is 0 Å². The van der Waals surface area contributed by atoms with Crippen LogP contribution in [-0.4, -0.2) is 47.3 Å². The van der Waals surface area contributed by atoms with Gasteiger partial charge in [0.25, 0.3) is 0 Å². The molecule has 0 fully saturated rings. The molecular formula is C49H93NO2S2.